The Balaban J connectivity index is 1.56. The Morgan fingerprint density at radius 2 is 1.82 bits per heavy atom. The number of fused-ring (bicyclic) bond motifs is 1. The Hall–Kier alpha value is -2.31. The Labute approximate surface area is 170 Å². The SMILES string of the molecule is CCCNCCNC(=O)c1ccccc1SCC(=O)N1CCc2ccccc21. The first-order chi connectivity index (χ1) is 13.7. The third kappa shape index (κ3) is 5.14. The number of carbonyl (C=O) groups is 2. The molecule has 0 unspecified atom stereocenters. The van der Waals surface area contributed by atoms with Gasteiger partial charge in [0.25, 0.3) is 5.91 Å². The minimum absolute atomic E-state index is 0.0777. The van der Waals surface area contributed by atoms with Gasteiger partial charge in [-0.2, -0.15) is 0 Å². The zero-order valence-electron chi connectivity index (χ0n) is 16.2. The normalized spacial score (nSPS) is 12.7. The van der Waals surface area contributed by atoms with Crippen molar-refractivity contribution in [1.29, 1.82) is 0 Å². The summed E-state index contributed by atoms with van der Waals surface area (Å²) in [6.45, 7) is 5.12. The molecule has 0 bridgehead atoms. The van der Waals surface area contributed by atoms with Crippen molar-refractivity contribution in [1.82, 2.24) is 10.6 Å². The number of hydrogen-bond acceptors (Lipinski definition) is 4. The first kappa shape index (κ1) is 20.4. The Morgan fingerprint density at radius 3 is 2.68 bits per heavy atom. The molecule has 1 aliphatic heterocycles. The molecule has 0 radical (unpaired) electrons. The number of amides is 2. The molecular formula is C22H27N3O2S. The molecule has 0 fully saturated rings. The summed E-state index contributed by atoms with van der Waals surface area (Å²) in [5.74, 6) is 0.297. The van der Waals surface area contributed by atoms with E-state index in [4.69, 9.17) is 0 Å². The molecule has 1 heterocycles. The summed E-state index contributed by atoms with van der Waals surface area (Å²) in [5.41, 5.74) is 2.86. The first-order valence-corrected chi connectivity index (χ1v) is 10.8. The van der Waals surface area contributed by atoms with Crippen molar-refractivity contribution in [2.75, 3.05) is 36.8 Å². The lowest BCUT2D eigenvalue weighted by molar-refractivity contribution is -0.116. The summed E-state index contributed by atoms with van der Waals surface area (Å²) >= 11 is 1.42. The van der Waals surface area contributed by atoms with Gasteiger partial charge >= 0.3 is 0 Å². The molecule has 0 aromatic heterocycles. The molecule has 0 saturated carbocycles. The van der Waals surface area contributed by atoms with Crippen molar-refractivity contribution >= 4 is 29.3 Å². The number of hydrogen-bond donors (Lipinski definition) is 2. The lowest BCUT2D eigenvalue weighted by atomic mass is 10.2. The predicted molar refractivity (Wildman–Crippen MR) is 115 cm³/mol. The molecule has 5 nitrogen and oxygen atoms in total. The highest BCUT2D eigenvalue weighted by Gasteiger charge is 2.24. The van der Waals surface area contributed by atoms with Crippen LogP contribution in [0.4, 0.5) is 5.69 Å². The molecule has 0 aliphatic carbocycles. The van der Waals surface area contributed by atoms with Crippen molar-refractivity contribution < 1.29 is 9.59 Å². The summed E-state index contributed by atoms with van der Waals surface area (Å²) in [7, 11) is 0. The first-order valence-electron chi connectivity index (χ1n) is 9.79. The van der Waals surface area contributed by atoms with Gasteiger partial charge in [-0.1, -0.05) is 37.3 Å². The molecular weight excluding hydrogens is 370 g/mol. The summed E-state index contributed by atoms with van der Waals surface area (Å²) in [5, 5.41) is 6.21. The highest BCUT2D eigenvalue weighted by Crippen LogP contribution is 2.29. The second kappa shape index (κ2) is 10.3. The number of anilines is 1. The maximum atomic E-state index is 12.7. The monoisotopic (exact) mass is 397 g/mol. The van der Waals surface area contributed by atoms with E-state index in [-0.39, 0.29) is 11.8 Å². The number of nitrogens with zero attached hydrogens (tertiary/aromatic N) is 1. The maximum absolute atomic E-state index is 12.7. The van der Waals surface area contributed by atoms with Crippen LogP contribution in [0.2, 0.25) is 0 Å². The number of rotatable bonds is 9. The third-order valence-electron chi connectivity index (χ3n) is 4.69. The third-order valence-corrected chi connectivity index (χ3v) is 5.74. The van der Waals surface area contributed by atoms with Crippen molar-refractivity contribution in [3.8, 4) is 0 Å². The van der Waals surface area contributed by atoms with E-state index in [1.807, 2.05) is 47.4 Å². The van der Waals surface area contributed by atoms with Crippen molar-refractivity contribution in [3.05, 3.63) is 59.7 Å². The van der Waals surface area contributed by atoms with Crippen molar-refractivity contribution in [2.45, 2.75) is 24.7 Å². The summed E-state index contributed by atoms with van der Waals surface area (Å²) in [4.78, 5) is 27.9. The van der Waals surface area contributed by atoms with Crippen LogP contribution in [0, 0.1) is 0 Å². The van der Waals surface area contributed by atoms with Gasteiger partial charge in [0.15, 0.2) is 0 Å². The van der Waals surface area contributed by atoms with Crippen LogP contribution in [-0.2, 0) is 11.2 Å². The van der Waals surface area contributed by atoms with Gasteiger partial charge in [0.05, 0.1) is 11.3 Å². The van der Waals surface area contributed by atoms with Gasteiger partial charge < -0.3 is 15.5 Å². The number of para-hydroxylation sites is 1. The van der Waals surface area contributed by atoms with Gasteiger partial charge in [-0.05, 0) is 43.1 Å². The average Bonchev–Trinajstić information content (AvgIpc) is 3.16. The zero-order chi connectivity index (χ0) is 19.8. The Morgan fingerprint density at radius 1 is 1.04 bits per heavy atom. The molecule has 2 amide bonds. The summed E-state index contributed by atoms with van der Waals surface area (Å²) in [6, 6.07) is 15.5. The smallest absolute Gasteiger partial charge is 0.252 e. The fourth-order valence-corrected chi connectivity index (χ4v) is 4.18. The lowest BCUT2D eigenvalue weighted by Crippen LogP contribution is -2.32. The van der Waals surface area contributed by atoms with E-state index in [9.17, 15) is 9.59 Å². The van der Waals surface area contributed by atoms with Gasteiger partial charge in [-0.3, -0.25) is 9.59 Å². The van der Waals surface area contributed by atoms with E-state index in [1.165, 1.54) is 17.3 Å². The minimum Gasteiger partial charge on any atom is -0.351 e. The molecule has 2 aromatic carbocycles. The predicted octanol–water partition coefficient (Wildman–Crippen LogP) is 3.10. The van der Waals surface area contributed by atoms with Crippen LogP contribution >= 0.6 is 11.8 Å². The van der Waals surface area contributed by atoms with Crippen LogP contribution < -0.4 is 15.5 Å². The van der Waals surface area contributed by atoms with E-state index in [0.717, 1.165) is 43.1 Å². The Bertz CT molecular complexity index is 825. The van der Waals surface area contributed by atoms with Crippen LogP contribution in [0.1, 0.15) is 29.3 Å². The van der Waals surface area contributed by atoms with Crippen molar-refractivity contribution in [2.24, 2.45) is 0 Å². The molecule has 148 valence electrons. The topological polar surface area (TPSA) is 61.4 Å². The second-order valence-electron chi connectivity index (χ2n) is 6.71. The number of benzene rings is 2. The van der Waals surface area contributed by atoms with Gasteiger partial charge in [0.1, 0.15) is 0 Å². The molecule has 0 spiro atoms. The van der Waals surface area contributed by atoms with E-state index in [2.05, 4.69) is 23.6 Å². The summed E-state index contributed by atoms with van der Waals surface area (Å²) in [6.07, 6.45) is 1.97. The number of carbonyl (C=O) groups excluding carboxylic acids is 2. The second-order valence-corrected chi connectivity index (χ2v) is 7.73. The van der Waals surface area contributed by atoms with Gasteiger partial charge in [0.2, 0.25) is 5.91 Å². The standard InChI is InChI=1S/C22H27N3O2S/c1-2-12-23-13-14-24-22(27)18-8-4-6-10-20(18)28-16-21(26)25-15-11-17-7-3-5-9-19(17)25/h3-10,23H,2,11-16H2,1H3,(H,24,27). The van der Waals surface area contributed by atoms with Crippen LogP contribution in [-0.4, -0.2) is 43.7 Å². The fraction of sp³-hybridized carbons (Fsp3) is 0.364. The maximum Gasteiger partial charge on any atom is 0.252 e. The summed E-state index contributed by atoms with van der Waals surface area (Å²) < 4.78 is 0. The lowest BCUT2D eigenvalue weighted by Gasteiger charge is -2.17. The fourth-order valence-electron chi connectivity index (χ4n) is 3.26. The van der Waals surface area contributed by atoms with E-state index in [0.29, 0.717) is 17.9 Å². The van der Waals surface area contributed by atoms with E-state index >= 15 is 0 Å². The molecule has 1 aliphatic rings. The zero-order valence-corrected chi connectivity index (χ0v) is 17.1. The molecule has 2 N–H and O–H groups in total. The quantitative estimate of drug-likeness (QED) is 0.504. The van der Waals surface area contributed by atoms with Crippen LogP contribution in [0.3, 0.4) is 0 Å². The molecule has 28 heavy (non-hydrogen) atoms. The minimum atomic E-state index is -0.0969. The average molecular weight is 398 g/mol. The van der Waals surface area contributed by atoms with E-state index < -0.39 is 0 Å². The van der Waals surface area contributed by atoms with Gasteiger partial charge in [0, 0.05) is 30.2 Å². The number of nitrogens with one attached hydrogen (secondary N) is 2. The highest BCUT2D eigenvalue weighted by atomic mass is 32.2. The molecule has 0 saturated heterocycles. The molecule has 0 atom stereocenters. The number of thioether (sulfide) groups is 1. The van der Waals surface area contributed by atoms with E-state index in [1.54, 1.807) is 0 Å². The molecule has 2 aromatic rings. The highest BCUT2D eigenvalue weighted by molar-refractivity contribution is 8.00. The van der Waals surface area contributed by atoms with Gasteiger partial charge in [-0.25, -0.2) is 0 Å². The Kier molecular flexibility index (Phi) is 7.51. The van der Waals surface area contributed by atoms with Crippen molar-refractivity contribution in [3.63, 3.8) is 0 Å². The largest absolute Gasteiger partial charge is 0.351 e. The molecule has 3 rings (SSSR count). The van der Waals surface area contributed by atoms with Crippen LogP contribution in [0.5, 0.6) is 0 Å². The molecule has 6 heteroatoms. The van der Waals surface area contributed by atoms with Gasteiger partial charge in [-0.15, -0.1) is 11.8 Å². The van der Waals surface area contributed by atoms with Crippen LogP contribution in [0.15, 0.2) is 53.4 Å². The van der Waals surface area contributed by atoms with Crippen LogP contribution in [0.25, 0.3) is 0 Å².